The predicted octanol–water partition coefficient (Wildman–Crippen LogP) is 12.4. The minimum absolute atomic E-state index is 0. The van der Waals surface area contributed by atoms with E-state index in [1.807, 2.05) is 49.1 Å². The maximum atomic E-state index is 4.95. The molecule has 0 saturated heterocycles. The van der Waals surface area contributed by atoms with E-state index in [1.165, 1.54) is 44.5 Å². The number of nitrogens with zero attached hydrogens (tertiary/aromatic N) is 4. The van der Waals surface area contributed by atoms with E-state index in [1.54, 1.807) is 10.4 Å². The van der Waals surface area contributed by atoms with Crippen molar-refractivity contribution in [1.82, 2.24) is 19.9 Å². The SMILES string of the molecule is C[Si](C)(C)C1=Cc2c(-c3ccccn3)cc(-c3ccccn3)cc2[CH]1[Zr]([CH3])([CH3])(=[SiH2])[CH]1C([Si](C)(C)C)=Cc2c(-c3ccccn3)cc(-c3ccccn3)cc21.Cl.Cl. The number of allylic oxidation sites excluding steroid dienone is 2. The van der Waals surface area contributed by atoms with Crippen molar-refractivity contribution in [3.05, 3.63) is 154 Å². The fourth-order valence-electron chi connectivity index (χ4n) is 9.30. The van der Waals surface area contributed by atoms with Crippen molar-refractivity contribution in [1.29, 1.82) is 0 Å². The van der Waals surface area contributed by atoms with E-state index in [4.69, 9.17) is 19.9 Å². The van der Waals surface area contributed by atoms with Crippen LogP contribution in [0.2, 0.25) is 48.5 Å². The fourth-order valence-corrected chi connectivity index (χ4v) is 44.6. The van der Waals surface area contributed by atoms with E-state index < -0.39 is 33.5 Å². The Bertz CT molecular complexity index is 2370. The standard InChI is InChI=1S/2C22H21N2Si.2CH3.2ClH.H2Si.Zr/c2*1-25(2,3)18-13-16-12-17(21-8-4-6-10-23-21)14-20(19(16)15-18)22-9-5-7-11-24-22;;;;;;/h2*4-15H,1-3H3;2*1H3;2*1H;1H2;. The molecular weight excluding hydrogens is 855 g/mol. The van der Waals surface area contributed by atoms with Crippen molar-refractivity contribution in [3.63, 3.8) is 0 Å². The zero-order chi connectivity index (χ0) is 38.1. The summed E-state index contributed by atoms with van der Waals surface area (Å²) >= 11 is -4.13. The van der Waals surface area contributed by atoms with Crippen LogP contribution in [0.3, 0.4) is 0 Å². The minimum Gasteiger partial charge on any atom is -0.147 e. The molecule has 6 aromatic rings. The fraction of sp³-hybridized carbons (Fsp3) is 0.217. The van der Waals surface area contributed by atoms with Gasteiger partial charge < -0.3 is 0 Å². The second kappa shape index (κ2) is 15.4. The number of fused-ring (bicyclic) bond motifs is 2. The Morgan fingerprint density at radius 1 is 0.482 bits per heavy atom. The van der Waals surface area contributed by atoms with Crippen LogP contribution >= 0.6 is 24.8 Å². The van der Waals surface area contributed by atoms with Crippen molar-refractivity contribution in [2.24, 2.45) is 0 Å². The summed E-state index contributed by atoms with van der Waals surface area (Å²) < 4.78 is 6.32. The van der Waals surface area contributed by atoms with Gasteiger partial charge in [-0.1, -0.05) is 0 Å². The molecule has 0 fully saturated rings. The number of benzene rings is 2. The first-order valence-electron chi connectivity index (χ1n) is 19.1. The molecule has 2 atom stereocenters. The van der Waals surface area contributed by atoms with Gasteiger partial charge in [0.05, 0.1) is 0 Å². The molecule has 0 radical (unpaired) electrons. The van der Waals surface area contributed by atoms with Crippen molar-refractivity contribution < 1.29 is 17.4 Å². The molecule has 2 aliphatic carbocycles. The van der Waals surface area contributed by atoms with Crippen LogP contribution in [0.15, 0.2) is 132 Å². The van der Waals surface area contributed by atoms with Gasteiger partial charge >= 0.3 is 328 Å². The summed E-state index contributed by atoms with van der Waals surface area (Å²) in [5.41, 5.74) is 14.5. The number of halogens is 2. The molecular formula is C46H52Cl2N4Si3Zr. The van der Waals surface area contributed by atoms with Gasteiger partial charge in [-0.2, -0.15) is 0 Å². The Labute approximate surface area is 349 Å². The Morgan fingerprint density at radius 2 is 0.804 bits per heavy atom. The van der Waals surface area contributed by atoms with Crippen molar-refractivity contribution in [2.75, 3.05) is 0 Å². The van der Waals surface area contributed by atoms with Gasteiger partial charge in [0.1, 0.15) is 0 Å². The summed E-state index contributed by atoms with van der Waals surface area (Å²) in [5, 5.41) is 3.38. The Morgan fingerprint density at radius 3 is 1.09 bits per heavy atom. The molecule has 0 bridgehead atoms. The number of rotatable bonds is 8. The summed E-state index contributed by atoms with van der Waals surface area (Å²) in [6, 6.07) is 34.8. The molecule has 0 N–H and O–H groups in total. The molecule has 4 heterocycles. The third-order valence-corrected chi connectivity index (χ3v) is 34.7. The zero-order valence-corrected chi connectivity index (χ0v) is 41.2. The summed E-state index contributed by atoms with van der Waals surface area (Å²) in [6.07, 6.45) is 12.9. The minimum atomic E-state index is -4.13. The van der Waals surface area contributed by atoms with Gasteiger partial charge in [0, 0.05) is 0 Å². The molecule has 2 aromatic carbocycles. The van der Waals surface area contributed by atoms with E-state index >= 15 is 0 Å². The van der Waals surface area contributed by atoms with Crippen molar-refractivity contribution in [3.8, 4) is 45.0 Å². The van der Waals surface area contributed by atoms with E-state index in [2.05, 4.69) is 140 Å². The van der Waals surface area contributed by atoms with Crippen molar-refractivity contribution in [2.45, 2.75) is 55.8 Å². The van der Waals surface area contributed by atoms with Gasteiger partial charge in [0.15, 0.2) is 0 Å². The molecule has 0 spiro atoms. The van der Waals surface area contributed by atoms with Crippen LogP contribution in [0.1, 0.15) is 29.5 Å². The van der Waals surface area contributed by atoms with Gasteiger partial charge in [-0.15, -0.1) is 24.8 Å². The van der Waals surface area contributed by atoms with Gasteiger partial charge in [-0.3, -0.25) is 0 Å². The average molecular weight is 907 g/mol. The number of pyridine rings is 4. The van der Waals surface area contributed by atoms with Crippen LogP contribution in [0.25, 0.3) is 57.2 Å². The molecule has 2 unspecified atom stereocenters. The molecule has 4 aromatic heterocycles. The summed E-state index contributed by atoms with van der Waals surface area (Å²) in [6.45, 7) is 17.8. The monoisotopic (exact) mass is 904 g/mol. The maximum Gasteiger partial charge on any atom is -0.147 e. The first-order chi connectivity index (χ1) is 25.6. The molecule has 10 heteroatoms. The number of hydrogen-bond donors (Lipinski definition) is 0. The van der Waals surface area contributed by atoms with Crippen molar-refractivity contribution >= 4 is 60.0 Å². The smallest absolute Gasteiger partial charge is 0.147 e. The Kier molecular flexibility index (Phi) is 11.6. The third kappa shape index (κ3) is 7.54. The van der Waals surface area contributed by atoms with E-state index in [-0.39, 0.29) is 24.8 Å². The van der Waals surface area contributed by atoms with Gasteiger partial charge in [-0.05, 0) is 0 Å². The largest absolute Gasteiger partial charge is 0.147 e. The topological polar surface area (TPSA) is 51.6 Å². The first kappa shape index (κ1) is 42.2. The number of hydrogen-bond acceptors (Lipinski definition) is 4. The van der Waals surface area contributed by atoms with Crippen LogP contribution in [0, 0.1) is 0 Å². The van der Waals surface area contributed by atoms with Crippen LogP contribution in [0.5, 0.6) is 0 Å². The second-order valence-electron chi connectivity index (χ2n) is 18.4. The molecule has 4 nitrogen and oxygen atoms in total. The van der Waals surface area contributed by atoms with Crippen LogP contribution in [-0.2, 0) is 17.4 Å². The van der Waals surface area contributed by atoms with Crippen LogP contribution in [0.4, 0.5) is 0 Å². The van der Waals surface area contributed by atoms with E-state index in [0.29, 0.717) is 7.25 Å². The Hall–Kier alpha value is -3.37. The maximum absolute atomic E-state index is 4.95. The quantitative estimate of drug-likeness (QED) is 0.143. The normalized spacial score (nSPS) is 16.5. The van der Waals surface area contributed by atoms with Crippen LogP contribution < -0.4 is 0 Å². The predicted molar refractivity (Wildman–Crippen MR) is 249 cm³/mol. The molecule has 0 saturated carbocycles. The molecule has 8 rings (SSSR count). The van der Waals surface area contributed by atoms with Gasteiger partial charge in [0.2, 0.25) is 0 Å². The summed E-state index contributed by atoms with van der Waals surface area (Å²) in [4.78, 5) is 19.7. The Balaban J connectivity index is 0.00000266. The van der Waals surface area contributed by atoms with Gasteiger partial charge in [0.25, 0.3) is 0 Å². The zero-order valence-electron chi connectivity index (χ0n) is 33.7. The second-order valence-corrected chi connectivity index (χ2v) is 59.0. The molecule has 56 heavy (non-hydrogen) atoms. The summed E-state index contributed by atoms with van der Waals surface area (Å²) in [5.74, 6) is 0. The molecule has 0 amide bonds. The van der Waals surface area contributed by atoms with Gasteiger partial charge in [-0.25, -0.2) is 0 Å². The third-order valence-electron chi connectivity index (χ3n) is 11.7. The molecule has 2 aliphatic rings. The summed E-state index contributed by atoms with van der Waals surface area (Å²) in [7, 11) is -3.69. The average Bonchev–Trinajstić information content (AvgIpc) is 3.78. The molecule has 0 aliphatic heterocycles. The van der Waals surface area contributed by atoms with E-state index in [0.717, 1.165) is 22.8 Å². The number of aromatic nitrogens is 4. The van der Waals surface area contributed by atoms with E-state index in [9.17, 15) is 0 Å². The first-order valence-corrected chi connectivity index (χ1v) is 39.8. The molecule has 286 valence electrons. The van der Waals surface area contributed by atoms with Crippen LogP contribution in [-0.4, -0.2) is 43.0 Å².